The predicted molar refractivity (Wildman–Crippen MR) is 59.7 cm³/mol. The minimum Gasteiger partial charge on any atom is -0.494 e. The molecule has 1 aromatic rings. The van der Waals surface area contributed by atoms with Gasteiger partial charge in [-0.3, -0.25) is 9.78 Å². The number of hydrogen-bond acceptors (Lipinski definition) is 3. The lowest BCUT2D eigenvalue weighted by Gasteiger charge is -2.14. The molecule has 0 radical (unpaired) electrons. The zero-order valence-corrected chi connectivity index (χ0v) is 10.5. The van der Waals surface area contributed by atoms with Crippen LogP contribution in [0.5, 0.6) is 5.75 Å². The lowest BCUT2D eigenvalue weighted by Crippen LogP contribution is -2.08. The van der Waals surface area contributed by atoms with Crippen molar-refractivity contribution in [3.8, 4) is 5.75 Å². The van der Waals surface area contributed by atoms with Crippen LogP contribution in [-0.4, -0.2) is 23.2 Å². The van der Waals surface area contributed by atoms with Gasteiger partial charge in [-0.05, 0) is 5.56 Å². The van der Waals surface area contributed by atoms with E-state index in [0.717, 1.165) is 6.20 Å². The maximum absolute atomic E-state index is 12.9. The first kappa shape index (κ1) is 13.8. The lowest BCUT2D eigenvalue weighted by atomic mass is 10.1. The number of pyridine rings is 1. The Kier molecular flexibility index (Phi) is 4.80. The van der Waals surface area contributed by atoms with Crippen molar-refractivity contribution >= 4 is 21.9 Å². The number of halogens is 3. The van der Waals surface area contributed by atoms with Crippen molar-refractivity contribution in [2.45, 2.75) is 18.2 Å². The first-order valence-corrected chi connectivity index (χ1v) is 5.74. The summed E-state index contributed by atoms with van der Waals surface area (Å²) < 4.78 is 30.7. The van der Waals surface area contributed by atoms with E-state index in [2.05, 4.69) is 20.9 Å². The highest BCUT2D eigenvalue weighted by Gasteiger charge is 2.23. The highest BCUT2D eigenvalue weighted by molar-refractivity contribution is 9.08. The van der Waals surface area contributed by atoms with E-state index >= 15 is 0 Å². The summed E-state index contributed by atoms with van der Waals surface area (Å²) in [5, 5.41) is 8.89. The molecule has 94 valence electrons. The van der Waals surface area contributed by atoms with Gasteiger partial charge in [0.1, 0.15) is 5.75 Å². The van der Waals surface area contributed by atoms with E-state index in [9.17, 15) is 13.6 Å². The van der Waals surface area contributed by atoms with Gasteiger partial charge < -0.3 is 9.84 Å². The molecule has 0 spiro atoms. The third-order valence-electron chi connectivity index (χ3n) is 2.12. The summed E-state index contributed by atoms with van der Waals surface area (Å²) in [7, 11) is 1.25. The standard InChI is InChI=1S/C10H10BrF2NO3/c1-17-9-6(3-11)14-4-5(2-7(15)16)8(9)10(12)13/h4,10H,2-3H2,1H3,(H,15,16). The van der Waals surface area contributed by atoms with E-state index < -0.39 is 24.4 Å². The fourth-order valence-electron chi connectivity index (χ4n) is 1.45. The van der Waals surface area contributed by atoms with Crippen molar-refractivity contribution in [3.05, 3.63) is 23.0 Å². The topological polar surface area (TPSA) is 59.4 Å². The Morgan fingerprint density at radius 1 is 1.65 bits per heavy atom. The molecule has 0 unspecified atom stereocenters. The molecular formula is C10H10BrF2NO3. The summed E-state index contributed by atoms with van der Waals surface area (Å²) in [6.45, 7) is 0. The van der Waals surface area contributed by atoms with Crippen LogP contribution in [0.3, 0.4) is 0 Å². The van der Waals surface area contributed by atoms with E-state index in [0.29, 0.717) is 5.69 Å². The van der Waals surface area contributed by atoms with Crippen molar-refractivity contribution in [2.75, 3.05) is 7.11 Å². The molecule has 0 saturated carbocycles. The molecule has 0 atom stereocenters. The average molecular weight is 310 g/mol. The van der Waals surface area contributed by atoms with E-state index in [4.69, 9.17) is 9.84 Å². The van der Waals surface area contributed by atoms with Gasteiger partial charge in [0.2, 0.25) is 0 Å². The number of aliphatic carboxylic acids is 1. The van der Waals surface area contributed by atoms with Crippen LogP contribution in [0.1, 0.15) is 23.2 Å². The van der Waals surface area contributed by atoms with Crippen molar-refractivity contribution in [3.63, 3.8) is 0 Å². The van der Waals surface area contributed by atoms with Crippen molar-refractivity contribution in [1.82, 2.24) is 4.98 Å². The van der Waals surface area contributed by atoms with Gasteiger partial charge in [-0.2, -0.15) is 0 Å². The fraction of sp³-hybridized carbons (Fsp3) is 0.400. The number of aromatic nitrogens is 1. The first-order valence-electron chi connectivity index (χ1n) is 4.61. The van der Waals surface area contributed by atoms with Crippen LogP contribution in [0, 0.1) is 0 Å². The highest BCUT2D eigenvalue weighted by Crippen LogP contribution is 2.35. The number of ether oxygens (including phenoxy) is 1. The zero-order valence-electron chi connectivity index (χ0n) is 8.91. The van der Waals surface area contributed by atoms with E-state index in [1.54, 1.807) is 0 Å². The Bertz CT molecular complexity index is 426. The third-order valence-corrected chi connectivity index (χ3v) is 2.65. The zero-order chi connectivity index (χ0) is 13.0. The predicted octanol–water partition coefficient (Wildman–Crippen LogP) is 2.55. The molecule has 0 aliphatic heterocycles. The average Bonchev–Trinajstić information content (AvgIpc) is 2.26. The van der Waals surface area contributed by atoms with Gasteiger partial charge in [-0.15, -0.1) is 0 Å². The molecule has 0 aromatic carbocycles. The van der Waals surface area contributed by atoms with Crippen LogP contribution < -0.4 is 4.74 Å². The second-order valence-corrected chi connectivity index (χ2v) is 3.74. The maximum atomic E-state index is 12.9. The first-order chi connectivity index (χ1) is 8.01. The molecule has 0 aliphatic carbocycles. The van der Waals surface area contributed by atoms with Crippen LogP contribution in [0.25, 0.3) is 0 Å². The van der Waals surface area contributed by atoms with Gasteiger partial charge in [0.05, 0.1) is 24.8 Å². The smallest absolute Gasteiger partial charge is 0.307 e. The molecule has 1 aromatic heterocycles. The number of carboxylic acid groups (broad SMARTS) is 1. The SMILES string of the molecule is COc1c(CBr)ncc(CC(=O)O)c1C(F)F. The molecule has 0 fully saturated rings. The molecule has 7 heteroatoms. The van der Waals surface area contributed by atoms with Crippen LogP contribution >= 0.6 is 15.9 Å². The van der Waals surface area contributed by atoms with Crippen molar-refractivity contribution in [1.29, 1.82) is 0 Å². The number of alkyl halides is 3. The van der Waals surface area contributed by atoms with E-state index in [-0.39, 0.29) is 16.6 Å². The summed E-state index contributed by atoms with van der Waals surface area (Å²) in [5.41, 5.74) is -0.120. The Morgan fingerprint density at radius 2 is 2.29 bits per heavy atom. The number of nitrogens with zero attached hydrogens (tertiary/aromatic N) is 1. The Labute approximate surface area is 105 Å². The van der Waals surface area contributed by atoms with Crippen LogP contribution in [-0.2, 0) is 16.5 Å². The summed E-state index contributed by atoms with van der Waals surface area (Å²) in [6, 6.07) is 0. The van der Waals surface area contributed by atoms with Gasteiger partial charge in [0.15, 0.2) is 0 Å². The molecule has 1 N–H and O–H groups in total. The van der Waals surface area contributed by atoms with Gasteiger partial charge in [-0.25, -0.2) is 8.78 Å². The van der Waals surface area contributed by atoms with Gasteiger partial charge in [0.25, 0.3) is 6.43 Å². The monoisotopic (exact) mass is 309 g/mol. The maximum Gasteiger partial charge on any atom is 0.307 e. The molecule has 1 heterocycles. The minimum atomic E-state index is -2.81. The van der Waals surface area contributed by atoms with Gasteiger partial charge >= 0.3 is 5.97 Å². The summed E-state index contributed by atoms with van der Waals surface area (Å²) in [5.74, 6) is -1.25. The molecule has 1 rings (SSSR count). The van der Waals surface area contributed by atoms with Gasteiger partial charge in [0, 0.05) is 11.5 Å². The number of hydrogen-bond donors (Lipinski definition) is 1. The summed E-state index contributed by atoms with van der Waals surface area (Å²) in [6.07, 6.45) is -2.17. The molecule has 0 saturated heterocycles. The third kappa shape index (κ3) is 3.12. The number of methoxy groups -OCH3 is 1. The van der Waals surface area contributed by atoms with E-state index in [1.165, 1.54) is 7.11 Å². The fourth-order valence-corrected chi connectivity index (χ4v) is 1.85. The molecule has 0 amide bonds. The Hall–Kier alpha value is -1.24. The molecule has 0 bridgehead atoms. The normalized spacial score (nSPS) is 10.6. The number of carbonyl (C=O) groups is 1. The largest absolute Gasteiger partial charge is 0.494 e. The number of carboxylic acids is 1. The minimum absolute atomic E-state index is 0.0333. The van der Waals surface area contributed by atoms with Crippen LogP contribution in [0.4, 0.5) is 8.78 Å². The van der Waals surface area contributed by atoms with Crippen LogP contribution in [0.15, 0.2) is 6.20 Å². The lowest BCUT2D eigenvalue weighted by molar-refractivity contribution is -0.136. The molecular weight excluding hydrogens is 300 g/mol. The Morgan fingerprint density at radius 3 is 2.71 bits per heavy atom. The number of rotatable bonds is 5. The summed E-state index contributed by atoms with van der Waals surface area (Å²) in [4.78, 5) is 14.5. The highest BCUT2D eigenvalue weighted by atomic mass is 79.9. The van der Waals surface area contributed by atoms with Gasteiger partial charge in [-0.1, -0.05) is 15.9 Å². The van der Waals surface area contributed by atoms with Crippen molar-refractivity contribution < 1.29 is 23.4 Å². The second-order valence-electron chi connectivity index (χ2n) is 3.18. The van der Waals surface area contributed by atoms with E-state index in [1.807, 2.05) is 0 Å². The second kappa shape index (κ2) is 5.90. The van der Waals surface area contributed by atoms with Crippen molar-refractivity contribution in [2.24, 2.45) is 0 Å². The molecule has 17 heavy (non-hydrogen) atoms. The molecule has 0 aliphatic rings. The summed E-state index contributed by atoms with van der Waals surface area (Å²) >= 11 is 3.10. The molecule has 4 nitrogen and oxygen atoms in total. The Balaban J connectivity index is 3.36. The van der Waals surface area contributed by atoms with Crippen LogP contribution in [0.2, 0.25) is 0 Å². The quantitative estimate of drug-likeness (QED) is 0.849.